The molecule has 1 aromatic rings. The van der Waals surface area contributed by atoms with E-state index in [0.717, 1.165) is 5.82 Å². The van der Waals surface area contributed by atoms with Crippen LogP contribution in [0, 0.1) is 4.77 Å². The number of nitrogens with zero attached hydrogens (tertiary/aromatic N) is 2. The highest BCUT2D eigenvalue weighted by molar-refractivity contribution is 7.71. The molecule has 0 amide bonds. The third kappa shape index (κ3) is 2.29. The van der Waals surface area contributed by atoms with Crippen molar-refractivity contribution in [3.63, 3.8) is 0 Å². The first-order chi connectivity index (χ1) is 6.70. The summed E-state index contributed by atoms with van der Waals surface area (Å²) < 4.78 is 2.55. The van der Waals surface area contributed by atoms with Crippen LogP contribution in [0.25, 0.3) is 0 Å². The van der Waals surface area contributed by atoms with Crippen molar-refractivity contribution in [2.45, 2.75) is 45.6 Å². The Morgan fingerprint density at radius 2 is 1.87 bits per heavy atom. The van der Waals surface area contributed by atoms with E-state index >= 15 is 0 Å². The molecular formula is C10H19N3OS. The fourth-order valence-corrected chi connectivity index (χ4v) is 1.85. The summed E-state index contributed by atoms with van der Waals surface area (Å²) >= 11 is 5.20. The van der Waals surface area contributed by atoms with E-state index in [0.29, 0.717) is 4.77 Å². The van der Waals surface area contributed by atoms with Crippen LogP contribution in [0.3, 0.4) is 0 Å². The molecule has 0 atom stereocenters. The number of rotatable bonds is 2. The van der Waals surface area contributed by atoms with Crippen molar-refractivity contribution < 1.29 is 5.11 Å². The SMILES string of the molecule is CC(C)(CO)c1n[nH]c(=S)n1C(C)(C)C. The Balaban J connectivity index is 3.40. The lowest BCUT2D eigenvalue weighted by Gasteiger charge is -2.28. The summed E-state index contributed by atoms with van der Waals surface area (Å²) in [5.41, 5.74) is -0.521. The second-order valence-electron chi connectivity index (χ2n) is 5.40. The van der Waals surface area contributed by atoms with Crippen molar-refractivity contribution in [1.29, 1.82) is 0 Å². The van der Waals surface area contributed by atoms with Crippen molar-refractivity contribution >= 4 is 12.2 Å². The number of aromatic amines is 1. The van der Waals surface area contributed by atoms with E-state index < -0.39 is 0 Å². The van der Waals surface area contributed by atoms with E-state index in [1.807, 2.05) is 18.4 Å². The van der Waals surface area contributed by atoms with Crippen molar-refractivity contribution in [2.24, 2.45) is 0 Å². The van der Waals surface area contributed by atoms with Gasteiger partial charge in [0.1, 0.15) is 5.82 Å². The maximum Gasteiger partial charge on any atom is 0.195 e. The van der Waals surface area contributed by atoms with Crippen LogP contribution < -0.4 is 0 Å². The molecule has 0 fully saturated rings. The predicted molar refractivity (Wildman–Crippen MR) is 62.5 cm³/mol. The average molecular weight is 229 g/mol. The van der Waals surface area contributed by atoms with Crippen molar-refractivity contribution in [3.05, 3.63) is 10.6 Å². The Labute approximate surface area is 95.3 Å². The van der Waals surface area contributed by atoms with Crippen LogP contribution in [-0.4, -0.2) is 26.5 Å². The zero-order chi connectivity index (χ0) is 11.9. The van der Waals surface area contributed by atoms with Gasteiger partial charge in [0.25, 0.3) is 0 Å². The molecule has 0 aliphatic carbocycles. The van der Waals surface area contributed by atoms with E-state index in [1.54, 1.807) is 0 Å². The Hall–Kier alpha value is -0.680. The van der Waals surface area contributed by atoms with Gasteiger partial charge >= 0.3 is 0 Å². The Morgan fingerprint density at radius 3 is 2.27 bits per heavy atom. The van der Waals surface area contributed by atoms with Crippen molar-refractivity contribution in [3.8, 4) is 0 Å². The minimum absolute atomic E-state index is 0.0444. The largest absolute Gasteiger partial charge is 0.395 e. The highest BCUT2D eigenvalue weighted by Gasteiger charge is 2.30. The van der Waals surface area contributed by atoms with Gasteiger partial charge in [-0.3, -0.25) is 9.67 Å². The van der Waals surface area contributed by atoms with E-state index in [2.05, 4.69) is 31.0 Å². The quantitative estimate of drug-likeness (QED) is 0.762. The maximum absolute atomic E-state index is 9.35. The van der Waals surface area contributed by atoms with E-state index in [4.69, 9.17) is 12.2 Å². The molecule has 0 spiro atoms. The molecule has 0 aromatic carbocycles. The van der Waals surface area contributed by atoms with Gasteiger partial charge in [-0.1, -0.05) is 13.8 Å². The van der Waals surface area contributed by atoms with Crippen LogP contribution in [0.1, 0.15) is 40.4 Å². The molecule has 1 rings (SSSR count). The second kappa shape index (κ2) is 3.72. The molecule has 4 nitrogen and oxygen atoms in total. The zero-order valence-corrected chi connectivity index (χ0v) is 10.8. The van der Waals surface area contributed by atoms with Gasteiger partial charge in [-0.2, -0.15) is 5.10 Å². The second-order valence-corrected chi connectivity index (χ2v) is 5.79. The minimum Gasteiger partial charge on any atom is -0.395 e. The molecule has 2 N–H and O–H groups in total. The number of aromatic nitrogens is 3. The van der Waals surface area contributed by atoms with Crippen LogP contribution in [0.5, 0.6) is 0 Å². The van der Waals surface area contributed by atoms with Crippen molar-refractivity contribution in [1.82, 2.24) is 14.8 Å². The van der Waals surface area contributed by atoms with E-state index in [1.165, 1.54) is 0 Å². The van der Waals surface area contributed by atoms with Crippen LogP contribution in [0.15, 0.2) is 0 Å². The molecule has 0 aliphatic heterocycles. The smallest absolute Gasteiger partial charge is 0.195 e. The van der Waals surface area contributed by atoms with Gasteiger partial charge in [-0.05, 0) is 33.0 Å². The summed E-state index contributed by atoms with van der Waals surface area (Å²) in [5.74, 6) is 0.794. The molecule has 0 unspecified atom stereocenters. The first kappa shape index (κ1) is 12.4. The Morgan fingerprint density at radius 1 is 1.33 bits per heavy atom. The third-order valence-electron chi connectivity index (χ3n) is 2.34. The maximum atomic E-state index is 9.35. The van der Waals surface area contributed by atoms with Gasteiger partial charge in [-0.15, -0.1) is 0 Å². The first-order valence-electron chi connectivity index (χ1n) is 4.99. The molecule has 0 radical (unpaired) electrons. The fourth-order valence-electron chi connectivity index (χ4n) is 1.44. The van der Waals surface area contributed by atoms with Gasteiger partial charge < -0.3 is 5.11 Å². The molecular weight excluding hydrogens is 210 g/mol. The van der Waals surface area contributed by atoms with Gasteiger partial charge in [-0.25, -0.2) is 0 Å². The summed E-state index contributed by atoms with van der Waals surface area (Å²) in [5, 5.41) is 16.3. The summed E-state index contributed by atoms with van der Waals surface area (Å²) in [4.78, 5) is 0. The van der Waals surface area contributed by atoms with Gasteiger partial charge in [0.05, 0.1) is 6.61 Å². The molecule has 0 saturated heterocycles. The van der Waals surface area contributed by atoms with Crippen molar-refractivity contribution in [2.75, 3.05) is 6.61 Å². The van der Waals surface area contributed by atoms with Crippen LogP contribution in [0.4, 0.5) is 0 Å². The van der Waals surface area contributed by atoms with Gasteiger partial charge in [0.2, 0.25) is 0 Å². The summed E-state index contributed by atoms with van der Waals surface area (Å²) in [6.07, 6.45) is 0. The Bertz CT molecular complexity index is 398. The standard InChI is InChI=1S/C10H19N3OS/c1-9(2,3)13-7(10(4,5)6-14)11-12-8(13)15/h14H,6H2,1-5H3,(H,12,15). The number of aliphatic hydroxyl groups is 1. The normalized spacial score (nSPS) is 13.2. The lowest BCUT2D eigenvalue weighted by atomic mass is 9.92. The average Bonchev–Trinajstić information content (AvgIpc) is 2.46. The molecule has 1 aromatic heterocycles. The van der Waals surface area contributed by atoms with Gasteiger partial charge in [0.15, 0.2) is 4.77 Å². The molecule has 5 heteroatoms. The lowest BCUT2D eigenvalue weighted by Crippen LogP contribution is -2.33. The van der Waals surface area contributed by atoms with E-state index in [-0.39, 0.29) is 17.6 Å². The number of nitrogens with one attached hydrogen (secondary N) is 1. The number of H-pyrrole nitrogens is 1. The molecule has 0 aliphatic rings. The zero-order valence-electron chi connectivity index (χ0n) is 9.96. The monoisotopic (exact) mass is 229 g/mol. The summed E-state index contributed by atoms with van der Waals surface area (Å²) in [6.45, 7) is 10.1. The molecule has 1 heterocycles. The predicted octanol–water partition coefficient (Wildman–Crippen LogP) is 1.97. The number of hydrogen-bond donors (Lipinski definition) is 2. The topological polar surface area (TPSA) is 53.8 Å². The number of hydrogen-bond acceptors (Lipinski definition) is 3. The molecule has 86 valence electrons. The number of aliphatic hydroxyl groups excluding tert-OH is 1. The highest BCUT2D eigenvalue weighted by atomic mass is 32.1. The van der Waals surface area contributed by atoms with E-state index in [9.17, 15) is 5.11 Å². The summed E-state index contributed by atoms with van der Waals surface area (Å²) in [7, 11) is 0. The van der Waals surface area contributed by atoms with Crippen LogP contribution in [-0.2, 0) is 11.0 Å². The fraction of sp³-hybridized carbons (Fsp3) is 0.800. The minimum atomic E-state index is -0.388. The van der Waals surface area contributed by atoms with Crippen LogP contribution >= 0.6 is 12.2 Å². The lowest BCUT2D eigenvalue weighted by molar-refractivity contribution is 0.200. The van der Waals surface area contributed by atoms with Crippen LogP contribution in [0.2, 0.25) is 0 Å². The Kier molecular flexibility index (Phi) is 3.07. The molecule has 0 saturated carbocycles. The molecule has 0 bridgehead atoms. The molecule has 15 heavy (non-hydrogen) atoms. The first-order valence-corrected chi connectivity index (χ1v) is 5.40. The van der Waals surface area contributed by atoms with Gasteiger partial charge in [0, 0.05) is 11.0 Å². The highest BCUT2D eigenvalue weighted by Crippen LogP contribution is 2.25. The third-order valence-corrected chi connectivity index (χ3v) is 2.62. The summed E-state index contributed by atoms with van der Waals surface area (Å²) in [6, 6.07) is 0.